The van der Waals surface area contributed by atoms with Crippen LogP contribution < -0.4 is 18.9 Å². The zero-order chi connectivity index (χ0) is 27.6. The summed E-state index contributed by atoms with van der Waals surface area (Å²) in [5, 5.41) is 7.66. The minimum atomic E-state index is -0.383. The molecule has 0 radical (unpaired) electrons. The quantitative estimate of drug-likeness (QED) is 0.234. The lowest BCUT2D eigenvalue weighted by Crippen LogP contribution is -2.29. The number of amides is 1. The molecule has 0 saturated heterocycles. The van der Waals surface area contributed by atoms with Gasteiger partial charge in [0.05, 0.1) is 24.9 Å². The van der Waals surface area contributed by atoms with E-state index in [0.717, 1.165) is 46.4 Å². The second-order valence-corrected chi connectivity index (χ2v) is 10.1. The minimum Gasteiger partial charge on any atom is -0.490 e. The number of fused-ring (bicyclic) bond motifs is 2. The molecule has 2 aliphatic rings. The van der Waals surface area contributed by atoms with Gasteiger partial charge in [0.2, 0.25) is 6.79 Å². The van der Waals surface area contributed by atoms with Crippen LogP contribution in [0.3, 0.4) is 0 Å². The molecular formula is C32H33N3O5. The zero-order valence-electron chi connectivity index (χ0n) is 23.0. The van der Waals surface area contributed by atoms with Crippen molar-refractivity contribution in [2.24, 2.45) is 0 Å². The summed E-state index contributed by atoms with van der Waals surface area (Å²) in [5.41, 5.74) is 6.11. The van der Waals surface area contributed by atoms with E-state index in [1.165, 1.54) is 0 Å². The molecule has 0 fully saturated rings. The Morgan fingerprint density at radius 1 is 0.975 bits per heavy atom. The Kier molecular flexibility index (Phi) is 7.07. The number of benzene rings is 3. The molecule has 1 N–H and O–H groups in total. The number of carbonyl (C=O) groups is 1. The summed E-state index contributed by atoms with van der Waals surface area (Å²) in [4.78, 5) is 15.8. The monoisotopic (exact) mass is 539 g/mol. The van der Waals surface area contributed by atoms with Crippen molar-refractivity contribution < 1.29 is 23.7 Å². The van der Waals surface area contributed by atoms with Crippen LogP contribution >= 0.6 is 0 Å². The molecular weight excluding hydrogens is 506 g/mol. The van der Waals surface area contributed by atoms with Crippen molar-refractivity contribution in [2.45, 2.75) is 46.2 Å². The first-order chi connectivity index (χ1) is 19.6. The van der Waals surface area contributed by atoms with Gasteiger partial charge in [0.25, 0.3) is 5.91 Å². The summed E-state index contributed by atoms with van der Waals surface area (Å²) in [7, 11) is 0. The van der Waals surface area contributed by atoms with E-state index < -0.39 is 0 Å². The lowest BCUT2D eigenvalue weighted by molar-refractivity contribution is 0.0729. The van der Waals surface area contributed by atoms with Crippen LogP contribution in [-0.4, -0.2) is 41.0 Å². The number of nitrogens with one attached hydrogen (secondary N) is 1. The molecule has 1 atom stereocenters. The van der Waals surface area contributed by atoms with E-state index in [-0.39, 0.29) is 18.7 Å². The van der Waals surface area contributed by atoms with Crippen LogP contribution in [0.2, 0.25) is 0 Å². The molecule has 0 spiro atoms. The van der Waals surface area contributed by atoms with E-state index in [2.05, 4.69) is 36.2 Å². The molecule has 206 valence electrons. The van der Waals surface area contributed by atoms with Gasteiger partial charge in [-0.1, -0.05) is 55.3 Å². The molecule has 8 heteroatoms. The van der Waals surface area contributed by atoms with Gasteiger partial charge in [-0.05, 0) is 55.7 Å². The first-order valence-electron chi connectivity index (χ1n) is 13.8. The van der Waals surface area contributed by atoms with Gasteiger partial charge in [-0.25, -0.2) is 0 Å². The normalized spacial score (nSPS) is 15.4. The second kappa shape index (κ2) is 11.0. The van der Waals surface area contributed by atoms with Gasteiger partial charge in [-0.15, -0.1) is 0 Å². The topological polar surface area (TPSA) is 85.9 Å². The number of aromatic amines is 1. The maximum atomic E-state index is 13.9. The number of carbonyl (C=O) groups excluding carboxylic acids is 1. The predicted octanol–water partition coefficient (Wildman–Crippen LogP) is 6.44. The average molecular weight is 540 g/mol. The highest BCUT2D eigenvalue weighted by molar-refractivity contribution is 6.00. The van der Waals surface area contributed by atoms with Crippen LogP contribution in [0.15, 0.2) is 60.7 Å². The van der Waals surface area contributed by atoms with Crippen molar-refractivity contribution in [1.29, 1.82) is 0 Å². The molecule has 1 unspecified atom stereocenters. The summed E-state index contributed by atoms with van der Waals surface area (Å²) >= 11 is 0. The van der Waals surface area contributed by atoms with Crippen LogP contribution in [-0.2, 0) is 6.54 Å². The molecule has 6 rings (SSSR count). The lowest BCUT2D eigenvalue weighted by Gasteiger charge is -2.27. The number of ether oxygens (including phenoxy) is 4. The number of aryl methyl sites for hydroxylation is 1. The molecule has 0 aliphatic carbocycles. The van der Waals surface area contributed by atoms with Gasteiger partial charge in [-0.2, -0.15) is 5.10 Å². The van der Waals surface area contributed by atoms with E-state index in [0.29, 0.717) is 48.5 Å². The van der Waals surface area contributed by atoms with Gasteiger partial charge < -0.3 is 23.8 Å². The highest BCUT2D eigenvalue weighted by atomic mass is 16.7. The van der Waals surface area contributed by atoms with Gasteiger partial charge in [0, 0.05) is 17.7 Å². The van der Waals surface area contributed by atoms with Crippen LogP contribution in [0.25, 0.3) is 11.3 Å². The highest BCUT2D eigenvalue weighted by Gasteiger charge is 2.42. The van der Waals surface area contributed by atoms with Gasteiger partial charge in [0.15, 0.2) is 23.0 Å². The summed E-state index contributed by atoms with van der Waals surface area (Å²) in [6.45, 7) is 7.85. The number of H-pyrrole nitrogens is 1. The third kappa shape index (κ3) is 4.74. The fourth-order valence-electron chi connectivity index (χ4n) is 5.28. The van der Waals surface area contributed by atoms with E-state index in [4.69, 9.17) is 18.9 Å². The van der Waals surface area contributed by atoms with E-state index in [9.17, 15) is 4.79 Å². The van der Waals surface area contributed by atoms with Crippen LogP contribution in [0.1, 0.15) is 65.5 Å². The number of rotatable bonds is 10. The van der Waals surface area contributed by atoms with Gasteiger partial charge in [-0.3, -0.25) is 9.89 Å². The Morgan fingerprint density at radius 2 is 1.80 bits per heavy atom. The Morgan fingerprint density at radius 3 is 2.60 bits per heavy atom. The molecule has 0 bridgehead atoms. The van der Waals surface area contributed by atoms with E-state index in [1.807, 2.05) is 60.4 Å². The Labute approximate surface area is 233 Å². The molecule has 3 heterocycles. The third-order valence-electron chi connectivity index (χ3n) is 7.32. The van der Waals surface area contributed by atoms with Crippen LogP contribution in [0, 0.1) is 6.92 Å². The smallest absolute Gasteiger partial charge is 0.273 e. The lowest BCUT2D eigenvalue weighted by atomic mass is 9.95. The van der Waals surface area contributed by atoms with Crippen molar-refractivity contribution >= 4 is 5.91 Å². The van der Waals surface area contributed by atoms with Crippen LogP contribution in [0.4, 0.5) is 0 Å². The summed E-state index contributed by atoms with van der Waals surface area (Å²) in [6, 6.07) is 19.6. The average Bonchev–Trinajstić information content (AvgIpc) is 3.67. The fourth-order valence-corrected chi connectivity index (χ4v) is 5.28. The molecule has 2 aliphatic heterocycles. The van der Waals surface area contributed by atoms with Crippen LogP contribution in [0.5, 0.6) is 23.0 Å². The SMILES string of the molecule is CCCCOc1ccc(C2c3c(-c4ccc(C)cc4)n[nH]c3C(=O)N2Cc2ccc3c(c2)OCO3)cc1OCC. The van der Waals surface area contributed by atoms with Gasteiger partial charge in [0.1, 0.15) is 5.69 Å². The van der Waals surface area contributed by atoms with Crippen molar-refractivity contribution in [3.8, 4) is 34.3 Å². The number of nitrogens with zero attached hydrogens (tertiary/aromatic N) is 2. The van der Waals surface area contributed by atoms with Crippen molar-refractivity contribution in [3.63, 3.8) is 0 Å². The van der Waals surface area contributed by atoms with Crippen molar-refractivity contribution in [3.05, 3.63) is 88.6 Å². The zero-order valence-corrected chi connectivity index (χ0v) is 23.0. The molecule has 1 amide bonds. The Bertz CT molecular complexity index is 1530. The molecule has 40 heavy (non-hydrogen) atoms. The minimum absolute atomic E-state index is 0.107. The maximum Gasteiger partial charge on any atom is 0.273 e. The molecule has 3 aromatic carbocycles. The number of aromatic nitrogens is 2. The third-order valence-corrected chi connectivity index (χ3v) is 7.32. The van der Waals surface area contributed by atoms with Crippen molar-refractivity contribution in [1.82, 2.24) is 15.1 Å². The van der Waals surface area contributed by atoms with Crippen molar-refractivity contribution in [2.75, 3.05) is 20.0 Å². The molecule has 8 nitrogen and oxygen atoms in total. The van der Waals surface area contributed by atoms with Gasteiger partial charge >= 0.3 is 0 Å². The molecule has 4 aromatic rings. The standard InChI is InChI=1S/C32H33N3O5/c1-4-6-15-38-24-14-12-23(17-27(24)37-5-2)31-28-29(22-10-7-20(3)8-11-22)33-34-30(28)32(36)35(31)18-21-9-13-25-26(16-21)40-19-39-25/h7-14,16-17,31H,4-6,15,18-19H2,1-3H3,(H,33,34). The number of unbranched alkanes of at least 4 members (excludes halogenated alkanes) is 1. The Hall–Kier alpha value is -4.46. The first kappa shape index (κ1) is 25.8. The molecule has 1 aromatic heterocycles. The molecule has 0 saturated carbocycles. The summed E-state index contributed by atoms with van der Waals surface area (Å²) in [5.74, 6) is 2.67. The summed E-state index contributed by atoms with van der Waals surface area (Å²) in [6.07, 6.45) is 2.01. The van der Waals surface area contributed by atoms with E-state index in [1.54, 1.807) is 0 Å². The number of hydrogen-bond acceptors (Lipinski definition) is 6. The second-order valence-electron chi connectivity index (χ2n) is 10.1. The maximum absolute atomic E-state index is 13.9. The summed E-state index contributed by atoms with van der Waals surface area (Å²) < 4.78 is 23.1. The highest BCUT2D eigenvalue weighted by Crippen LogP contribution is 2.45. The number of hydrogen-bond donors (Lipinski definition) is 1. The largest absolute Gasteiger partial charge is 0.490 e. The first-order valence-corrected chi connectivity index (χ1v) is 13.8. The Balaban J connectivity index is 1.43. The predicted molar refractivity (Wildman–Crippen MR) is 151 cm³/mol. The van der Waals surface area contributed by atoms with E-state index >= 15 is 0 Å². The fraction of sp³-hybridized carbons (Fsp3) is 0.312.